The summed E-state index contributed by atoms with van der Waals surface area (Å²) in [6.07, 6.45) is -1.60. The van der Waals surface area contributed by atoms with E-state index in [1.54, 1.807) is 54.6 Å². The first kappa shape index (κ1) is 33.6. The van der Waals surface area contributed by atoms with Crippen LogP contribution in [0.1, 0.15) is 11.1 Å². The number of carbonyl (C=O) groups is 2. The molecule has 0 aliphatic carbocycles. The zero-order chi connectivity index (χ0) is 19.7. The van der Waals surface area contributed by atoms with E-state index in [9.17, 15) is 24.2 Å². The Hall–Kier alpha value is -2.05. The molecule has 3 N–H and O–H groups in total. The van der Waals surface area contributed by atoms with Gasteiger partial charge in [-0.05, 0) is 17.5 Å². The minimum Gasteiger partial charge on any atom is -0.548 e. The van der Waals surface area contributed by atoms with E-state index in [1.807, 2.05) is 6.07 Å². The molecule has 0 heterocycles. The molecule has 0 aromatic heterocycles. The first-order valence-electron chi connectivity index (χ1n) is 8.15. The van der Waals surface area contributed by atoms with Gasteiger partial charge in [-0.2, -0.15) is 0 Å². The normalized spacial score (nSPS) is 12.2. The monoisotopic (exact) mass is 500 g/mol. The van der Waals surface area contributed by atoms with Crippen LogP contribution in [0.4, 0.5) is 4.79 Å². The minimum atomic E-state index is -4.17. The minimum absolute atomic E-state index is 0. The van der Waals surface area contributed by atoms with Crippen LogP contribution < -0.4 is 15.5 Å². The number of carboxylic acid groups (broad SMARTS) is 1. The number of carbonyl (C=O) groups excluding carboxylic acids is 2. The van der Waals surface area contributed by atoms with Crippen LogP contribution in [-0.4, -0.2) is 29.3 Å². The smallest absolute Gasteiger partial charge is 0.407 e. The van der Waals surface area contributed by atoms with Crippen molar-refractivity contribution in [3.8, 4) is 0 Å². The molecule has 0 aliphatic rings. The number of aliphatic carboxylic acids is 1. The largest absolute Gasteiger partial charge is 0.548 e. The van der Waals surface area contributed by atoms with Crippen LogP contribution in [0.15, 0.2) is 60.7 Å². The summed E-state index contributed by atoms with van der Waals surface area (Å²) in [6.45, 7) is 0.00547. The van der Waals surface area contributed by atoms with E-state index in [-0.39, 0.29) is 54.8 Å². The fraction of sp³-hybridized carbons (Fsp3) is 0.190. The Morgan fingerprint density at radius 3 is 1.94 bits per heavy atom. The van der Waals surface area contributed by atoms with Gasteiger partial charge in [0.25, 0.3) is 7.52 Å². The van der Waals surface area contributed by atoms with Crippen molar-refractivity contribution >= 4 is 19.6 Å². The van der Waals surface area contributed by atoms with E-state index in [2.05, 4.69) is 10.4 Å². The standard InChI is InChI=1S/C18H21N2O6P.3CH3.Zn/c21-17(22)16(11-14-7-3-1-4-8-14)20-27(24,25)13-19-18(23)26-12-15-9-5-2-6-10-15;;;;/h1-10,16H,11-13H2,(H,19,23)(H,21,22)(H2,20,24,25);3*1H3;/q;3*-1;/p-1. The van der Waals surface area contributed by atoms with Gasteiger partial charge in [-0.3, -0.25) is 4.57 Å². The van der Waals surface area contributed by atoms with Crippen molar-refractivity contribution in [2.75, 3.05) is 6.29 Å². The van der Waals surface area contributed by atoms with Crippen LogP contribution in [0.5, 0.6) is 0 Å². The molecule has 2 rings (SSSR count). The van der Waals surface area contributed by atoms with Crippen molar-refractivity contribution in [2.45, 2.75) is 19.1 Å². The first-order chi connectivity index (χ1) is 12.9. The number of nitrogens with one attached hydrogen (secondary N) is 2. The van der Waals surface area contributed by atoms with Crippen LogP contribution in [0.25, 0.3) is 0 Å². The molecule has 10 heteroatoms. The molecule has 8 nitrogen and oxygen atoms in total. The average Bonchev–Trinajstić information content (AvgIpc) is 2.66. The summed E-state index contributed by atoms with van der Waals surface area (Å²) in [5, 5.41) is 15.6. The maximum absolute atomic E-state index is 12.2. The maximum Gasteiger partial charge on any atom is 0.407 e. The Kier molecular flexibility index (Phi) is 18.0. The van der Waals surface area contributed by atoms with Crippen molar-refractivity contribution < 1.29 is 48.4 Å². The van der Waals surface area contributed by atoms with Crippen LogP contribution in [0.3, 0.4) is 0 Å². The molecule has 2 atom stereocenters. The number of ether oxygens (including phenoxy) is 1. The van der Waals surface area contributed by atoms with E-state index in [0.717, 1.165) is 5.56 Å². The SMILES string of the molecule is O=C(NCP(=O)(O)NC(Cc1ccccc1)C(=O)[O-])OCc1ccccc1.[CH3-].[CH3-].[CH3-].[Zn]. The third-order valence-corrected chi connectivity index (χ3v) is 4.88. The quantitative estimate of drug-likeness (QED) is 0.273. The van der Waals surface area contributed by atoms with Gasteiger partial charge in [-0.15, -0.1) is 0 Å². The molecule has 0 fully saturated rings. The molecular weight excluding hydrogens is 473 g/mol. The number of hydrogen-bond acceptors (Lipinski definition) is 5. The zero-order valence-electron chi connectivity index (χ0n) is 18.1. The fourth-order valence-electron chi connectivity index (χ4n) is 2.27. The Balaban J connectivity index is -0.00000196. The third-order valence-electron chi connectivity index (χ3n) is 3.58. The Morgan fingerprint density at radius 2 is 1.45 bits per heavy atom. The molecule has 170 valence electrons. The van der Waals surface area contributed by atoms with Gasteiger partial charge >= 0.3 is 6.09 Å². The van der Waals surface area contributed by atoms with Gasteiger partial charge in [0.05, 0.1) is 12.0 Å². The molecule has 2 unspecified atom stereocenters. The van der Waals surface area contributed by atoms with Crippen molar-refractivity contribution in [3.63, 3.8) is 0 Å². The number of alkyl carbamates (subject to hydrolysis) is 1. The predicted octanol–water partition coefficient (Wildman–Crippen LogP) is 2.35. The van der Waals surface area contributed by atoms with Crippen molar-refractivity contribution in [1.29, 1.82) is 0 Å². The zero-order valence-corrected chi connectivity index (χ0v) is 22.0. The van der Waals surface area contributed by atoms with Gasteiger partial charge < -0.3 is 47.1 Å². The summed E-state index contributed by atoms with van der Waals surface area (Å²) < 4.78 is 17.1. The number of amides is 1. The fourth-order valence-corrected chi connectivity index (χ4v) is 3.38. The average molecular weight is 502 g/mol. The summed E-state index contributed by atoms with van der Waals surface area (Å²) in [7, 11) is -4.17. The summed E-state index contributed by atoms with van der Waals surface area (Å²) in [6, 6.07) is 16.1. The van der Waals surface area contributed by atoms with Crippen LogP contribution >= 0.6 is 7.52 Å². The van der Waals surface area contributed by atoms with E-state index >= 15 is 0 Å². The van der Waals surface area contributed by atoms with Gasteiger partial charge in [0, 0.05) is 19.5 Å². The molecule has 0 spiro atoms. The van der Waals surface area contributed by atoms with Gasteiger partial charge in [0.2, 0.25) is 0 Å². The molecule has 0 radical (unpaired) electrons. The van der Waals surface area contributed by atoms with Gasteiger partial charge in [0.1, 0.15) is 12.9 Å². The van der Waals surface area contributed by atoms with E-state index in [4.69, 9.17) is 4.74 Å². The third kappa shape index (κ3) is 13.1. The molecule has 0 aliphatic heterocycles. The summed E-state index contributed by atoms with van der Waals surface area (Å²) in [5.41, 5.74) is 1.42. The van der Waals surface area contributed by atoms with E-state index in [0.29, 0.717) is 5.56 Å². The van der Waals surface area contributed by atoms with Crippen molar-refractivity contribution in [3.05, 3.63) is 94.1 Å². The molecule has 31 heavy (non-hydrogen) atoms. The maximum atomic E-state index is 12.2. The topological polar surface area (TPSA) is 128 Å². The van der Waals surface area contributed by atoms with Crippen molar-refractivity contribution in [1.82, 2.24) is 10.4 Å². The Bertz CT molecular complexity index is 808. The second-order valence-electron chi connectivity index (χ2n) is 5.79. The molecule has 0 saturated heterocycles. The Morgan fingerprint density at radius 1 is 0.968 bits per heavy atom. The molecule has 0 bridgehead atoms. The van der Waals surface area contributed by atoms with Crippen LogP contribution in [0.2, 0.25) is 0 Å². The number of benzene rings is 2. The molecule has 2 aromatic carbocycles. The predicted molar refractivity (Wildman–Crippen MR) is 116 cm³/mol. The Labute approximate surface area is 197 Å². The number of carboxylic acids is 1. The van der Waals surface area contributed by atoms with E-state index in [1.165, 1.54) is 0 Å². The van der Waals surface area contributed by atoms with Gasteiger partial charge in [-0.25, -0.2) is 9.88 Å². The van der Waals surface area contributed by atoms with E-state index < -0.39 is 31.9 Å². The second-order valence-corrected chi connectivity index (χ2v) is 7.77. The summed E-state index contributed by atoms with van der Waals surface area (Å²) in [5.74, 6) is -1.51. The number of hydrogen-bond donors (Lipinski definition) is 3. The van der Waals surface area contributed by atoms with Crippen LogP contribution in [-0.2, 0) is 46.6 Å². The molecule has 0 saturated carbocycles. The molecular formula is C21H29N2O6PZn-4. The summed E-state index contributed by atoms with van der Waals surface area (Å²) in [4.78, 5) is 32.8. The molecule has 1 amide bonds. The van der Waals surface area contributed by atoms with Gasteiger partial charge in [0.15, 0.2) is 0 Å². The van der Waals surface area contributed by atoms with Crippen LogP contribution in [0, 0.1) is 22.3 Å². The second kappa shape index (κ2) is 16.6. The van der Waals surface area contributed by atoms with Crippen molar-refractivity contribution in [2.24, 2.45) is 0 Å². The molecule has 2 aromatic rings. The summed E-state index contributed by atoms with van der Waals surface area (Å²) >= 11 is 0. The van der Waals surface area contributed by atoms with Gasteiger partial charge in [-0.1, -0.05) is 60.7 Å². The number of rotatable bonds is 9. The first-order valence-corrected chi connectivity index (χ1v) is 9.99.